The number of anilines is 1. The first-order valence-electron chi connectivity index (χ1n) is 9.88. The first kappa shape index (κ1) is 19.0. The van der Waals surface area contributed by atoms with Crippen molar-refractivity contribution in [2.75, 3.05) is 31.1 Å². The molecule has 148 valence electrons. The van der Waals surface area contributed by atoms with Gasteiger partial charge in [-0.3, -0.25) is 0 Å². The van der Waals surface area contributed by atoms with Crippen molar-refractivity contribution in [3.8, 4) is 0 Å². The van der Waals surface area contributed by atoms with Gasteiger partial charge in [0, 0.05) is 17.1 Å². The minimum Gasteiger partial charge on any atom is -0.467 e. The molecule has 1 fully saturated rings. The molecule has 0 aliphatic carbocycles. The predicted octanol–water partition coefficient (Wildman–Crippen LogP) is 2.21. The predicted molar refractivity (Wildman–Crippen MR) is 108 cm³/mol. The van der Waals surface area contributed by atoms with Crippen molar-refractivity contribution in [3.63, 3.8) is 0 Å². The largest absolute Gasteiger partial charge is 0.467 e. The SMILES string of the molecule is CCC[C@@H](c1nnnn1Cc1ccco1)[NH+]1CCN(c2cccc(Cl)c2)CC1. The van der Waals surface area contributed by atoms with Gasteiger partial charge >= 0.3 is 0 Å². The van der Waals surface area contributed by atoms with Crippen LogP contribution >= 0.6 is 11.6 Å². The Bertz CT molecular complexity index is 872. The van der Waals surface area contributed by atoms with Crippen LogP contribution in [0.5, 0.6) is 0 Å². The molecule has 0 saturated carbocycles. The van der Waals surface area contributed by atoms with Crippen LogP contribution in [0.15, 0.2) is 47.1 Å². The van der Waals surface area contributed by atoms with Crippen LogP contribution in [0.4, 0.5) is 5.69 Å². The Kier molecular flexibility index (Phi) is 5.92. The van der Waals surface area contributed by atoms with Gasteiger partial charge in [-0.1, -0.05) is 31.0 Å². The van der Waals surface area contributed by atoms with Crippen LogP contribution < -0.4 is 9.80 Å². The van der Waals surface area contributed by atoms with Crippen LogP contribution in [0, 0.1) is 0 Å². The Balaban J connectivity index is 1.47. The lowest BCUT2D eigenvalue weighted by atomic mass is 10.1. The number of piperazine rings is 1. The van der Waals surface area contributed by atoms with E-state index in [1.807, 2.05) is 35.0 Å². The van der Waals surface area contributed by atoms with Gasteiger partial charge in [0.25, 0.3) is 0 Å². The number of tetrazole rings is 1. The molecule has 1 aromatic carbocycles. The van der Waals surface area contributed by atoms with Gasteiger partial charge in [-0.2, -0.15) is 0 Å². The Labute approximate surface area is 169 Å². The summed E-state index contributed by atoms with van der Waals surface area (Å²) < 4.78 is 7.36. The first-order valence-corrected chi connectivity index (χ1v) is 10.3. The molecule has 0 amide bonds. The number of furan rings is 1. The summed E-state index contributed by atoms with van der Waals surface area (Å²) in [5, 5.41) is 13.3. The minimum atomic E-state index is 0.288. The highest BCUT2D eigenvalue weighted by Gasteiger charge is 2.32. The van der Waals surface area contributed by atoms with Crippen LogP contribution in [-0.4, -0.2) is 46.4 Å². The third-order valence-electron chi connectivity index (χ3n) is 5.41. The molecule has 2 aromatic heterocycles. The summed E-state index contributed by atoms with van der Waals surface area (Å²) in [4.78, 5) is 3.94. The topological polar surface area (TPSA) is 64.4 Å². The Morgan fingerprint density at radius 3 is 2.79 bits per heavy atom. The van der Waals surface area contributed by atoms with Gasteiger partial charge in [-0.25, -0.2) is 4.68 Å². The molecule has 0 bridgehead atoms. The lowest BCUT2D eigenvalue weighted by Gasteiger charge is -2.37. The second-order valence-corrected chi connectivity index (χ2v) is 7.68. The number of rotatable bonds is 7. The van der Waals surface area contributed by atoms with E-state index in [1.165, 1.54) is 10.6 Å². The molecule has 7 nitrogen and oxygen atoms in total. The summed E-state index contributed by atoms with van der Waals surface area (Å²) in [7, 11) is 0. The normalized spacial score (nSPS) is 16.4. The van der Waals surface area contributed by atoms with E-state index in [9.17, 15) is 0 Å². The molecule has 3 heterocycles. The Morgan fingerprint density at radius 2 is 2.07 bits per heavy atom. The van der Waals surface area contributed by atoms with Crippen molar-refractivity contribution in [3.05, 3.63) is 59.3 Å². The second-order valence-electron chi connectivity index (χ2n) is 7.24. The first-order chi connectivity index (χ1) is 13.7. The molecule has 1 N–H and O–H groups in total. The summed E-state index contributed by atoms with van der Waals surface area (Å²) in [5.41, 5.74) is 1.20. The van der Waals surface area contributed by atoms with Crippen LogP contribution in [0.2, 0.25) is 5.02 Å². The molecule has 0 unspecified atom stereocenters. The zero-order chi connectivity index (χ0) is 19.3. The average Bonchev–Trinajstić information content (AvgIpc) is 3.39. The van der Waals surface area contributed by atoms with E-state index in [0.29, 0.717) is 6.54 Å². The van der Waals surface area contributed by atoms with E-state index in [0.717, 1.165) is 55.6 Å². The van der Waals surface area contributed by atoms with E-state index in [-0.39, 0.29) is 6.04 Å². The van der Waals surface area contributed by atoms with Gasteiger partial charge in [0.15, 0.2) is 0 Å². The van der Waals surface area contributed by atoms with Gasteiger partial charge < -0.3 is 14.2 Å². The van der Waals surface area contributed by atoms with Crippen molar-refractivity contribution >= 4 is 17.3 Å². The van der Waals surface area contributed by atoms with Gasteiger partial charge in [0.2, 0.25) is 5.82 Å². The van der Waals surface area contributed by atoms with E-state index in [2.05, 4.69) is 33.4 Å². The molecule has 0 radical (unpaired) electrons. The third-order valence-corrected chi connectivity index (χ3v) is 5.64. The van der Waals surface area contributed by atoms with Gasteiger partial charge in [-0.05, 0) is 40.8 Å². The number of halogens is 1. The molecule has 0 spiro atoms. The summed E-state index contributed by atoms with van der Waals surface area (Å²) in [6.07, 6.45) is 3.84. The number of benzene rings is 1. The van der Waals surface area contributed by atoms with Gasteiger partial charge in [-0.15, -0.1) is 5.10 Å². The second kappa shape index (κ2) is 8.75. The van der Waals surface area contributed by atoms with Crippen molar-refractivity contribution < 1.29 is 9.32 Å². The number of quaternary nitrogens is 1. The monoisotopic (exact) mass is 401 g/mol. The fourth-order valence-corrected chi connectivity index (χ4v) is 4.19. The lowest BCUT2D eigenvalue weighted by Crippen LogP contribution is -3.15. The van der Waals surface area contributed by atoms with E-state index in [1.54, 1.807) is 6.26 Å². The Morgan fingerprint density at radius 1 is 1.21 bits per heavy atom. The van der Waals surface area contributed by atoms with Gasteiger partial charge in [0.1, 0.15) is 18.3 Å². The van der Waals surface area contributed by atoms with Crippen LogP contribution in [0.25, 0.3) is 0 Å². The zero-order valence-electron chi connectivity index (χ0n) is 16.1. The summed E-state index contributed by atoms with van der Waals surface area (Å²) in [6.45, 7) is 6.87. The van der Waals surface area contributed by atoms with Crippen molar-refractivity contribution in [2.45, 2.75) is 32.4 Å². The quantitative estimate of drug-likeness (QED) is 0.657. The number of nitrogens with one attached hydrogen (secondary N) is 1. The fraction of sp³-hybridized carbons (Fsp3) is 0.450. The molecular weight excluding hydrogens is 376 g/mol. The van der Waals surface area contributed by atoms with Crippen molar-refractivity contribution in [1.82, 2.24) is 20.2 Å². The van der Waals surface area contributed by atoms with E-state index in [4.69, 9.17) is 16.0 Å². The highest BCUT2D eigenvalue weighted by Crippen LogP contribution is 2.20. The van der Waals surface area contributed by atoms with Crippen molar-refractivity contribution in [2.24, 2.45) is 0 Å². The maximum atomic E-state index is 6.16. The zero-order valence-corrected chi connectivity index (χ0v) is 16.8. The fourth-order valence-electron chi connectivity index (χ4n) is 4.00. The van der Waals surface area contributed by atoms with Crippen LogP contribution in [-0.2, 0) is 6.54 Å². The van der Waals surface area contributed by atoms with E-state index >= 15 is 0 Å². The maximum Gasteiger partial charge on any atom is 0.209 e. The number of hydrogen-bond acceptors (Lipinski definition) is 5. The molecule has 1 aliphatic rings. The maximum absolute atomic E-state index is 6.16. The molecule has 3 aromatic rings. The number of nitrogens with zero attached hydrogens (tertiary/aromatic N) is 5. The smallest absolute Gasteiger partial charge is 0.209 e. The van der Waals surface area contributed by atoms with Crippen molar-refractivity contribution in [1.29, 1.82) is 0 Å². The highest BCUT2D eigenvalue weighted by molar-refractivity contribution is 6.30. The number of aromatic nitrogens is 4. The molecule has 4 rings (SSSR count). The number of hydrogen-bond donors (Lipinski definition) is 1. The molecule has 1 aliphatic heterocycles. The average molecular weight is 402 g/mol. The van der Waals surface area contributed by atoms with Gasteiger partial charge in [0.05, 0.1) is 32.4 Å². The van der Waals surface area contributed by atoms with Crippen LogP contribution in [0.1, 0.15) is 37.4 Å². The highest BCUT2D eigenvalue weighted by atomic mass is 35.5. The molecular formula is C20H26ClN6O+. The van der Waals surface area contributed by atoms with E-state index < -0.39 is 0 Å². The summed E-state index contributed by atoms with van der Waals surface area (Å²) >= 11 is 6.16. The minimum absolute atomic E-state index is 0.288. The third kappa shape index (κ3) is 4.20. The van der Waals surface area contributed by atoms with Crippen LogP contribution in [0.3, 0.4) is 0 Å². The standard InChI is InChI=1S/C20H25ClN6O/c1-2-5-19(20-22-23-24-27(20)15-18-8-4-13-28-18)26-11-9-25(10-12-26)17-7-3-6-16(21)14-17/h3-4,6-8,13-14,19H,2,5,9-12,15H2,1H3/p+1/t19-/m0/s1. The summed E-state index contributed by atoms with van der Waals surface area (Å²) in [6, 6.07) is 12.2. The molecule has 1 saturated heterocycles. The molecule has 8 heteroatoms. The Hall–Kier alpha value is -2.38. The molecule has 28 heavy (non-hydrogen) atoms. The summed E-state index contributed by atoms with van der Waals surface area (Å²) in [5.74, 6) is 1.81. The lowest BCUT2D eigenvalue weighted by molar-refractivity contribution is -0.933. The molecule has 1 atom stereocenters.